The van der Waals surface area contributed by atoms with Gasteiger partial charge in [0.1, 0.15) is 0 Å². The minimum Gasteiger partial charge on any atom is -0.247 e. The molecule has 0 spiro atoms. The lowest BCUT2D eigenvalue weighted by Gasteiger charge is -2.01. The first-order valence-electron chi connectivity index (χ1n) is 2.11. The van der Waals surface area contributed by atoms with Crippen molar-refractivity contribution >= 4 is 0 Å². The fourth-order valence-electron chi connectivity index (χ4n) is 0.399. The maximum atomic E-state index is 11.9. The molecule has 0 bridgehead atoms. The van der Waals surface area contributed by atoms with Gasteiger partial charge in [-0.05, 0) is 6.92 Å². The lowest BCUT2D eigenvalue weighted by molar-refractivity contribution is -0.251. The smallest absolute Gasteiger partial charge is 0.187 e. The third-order valence-electron chi connectivity index (χ3n) is 0.802. The summed E-state index contributed by atoms with van der Waals surface area (Å²) in [6, 6.07) is 0. The zero-order chi connectivity index (χ0) is 6.15. The minimum atomic E-state index is -0.847. The molecule has 8 heavy (non-hydrogen) atoms. The molecule has 1 radical (unpaired) electrons. The standard InChI is InChI=1S/C3H5F2N2O/c1-3-6(4)2-7(5)8-3/h2-3H,1H3. The average Bonchev–Trinajstić information content (AvgIpc) is 1.85. The van der Waals surface area contributed by atoms with Gasteiger partial charge < -0.3 is 0 Å². The topological polar surface area (TPSA) is 15.7 Å². The van der Waals surface area contributed by atoms with Crippen LogP contribution in [0.25, 0.3) is 0 Å². The van der Waals surface area contributed by atoms with E-state index in [-0.39, 0.29) is 10.4 Å². The minimum absolute atomic E-state index is 0.125. The van der Waals surface area contributed by atoms with E-state index in [2.05, 4.69) is 4.84 Å². The molecule has 0 aromatic heterocycles. The monoisotopic (exact) mass is 123 g/mol. The van der Waals surface area contributed by atoms with Crippen LogP contribution in [0.2, 0.25) is 0 Å². The Hall–Kier alpha value is -0.260. The molecule has 0 aromatic carbocycles. The van der Waals surface area contributed by atoms with Crippen molar-refractivity contribution in [3.8, 4) is 0 Å². The fourth-order valence-corrected chi connectivity index (χ4v) is 0.399. The van der Waals surface area contributed by atoms with E-state index in [0.29, 0.717) is 6.67 Å². The van der Waals surface area contributed by atoms with Crippen LogP contribution in [0.3, 0.4) is 0 Å². The summed E-state index contributed by atoms with van der Waals surface area (Å²) in [5.41, 5.74) is 0. The largest absolute Gasteiger partial charge is 0.247 e. The maximum absolute atomic E-state index is 11.9. The summed E-state index contributed by atoms with van der Waals surface area (Å²) >= 11 is 0. The van der Waals surface area contributed by atoms with Gasteiger partial charge >= 0.3 is 0 Å². The van der Waals surface area contributed by atoms with Crippen molar-refractivity contribution in [1.29, 1.82) is 0 Å². The van der Waals surface area contributed by atoms with Crippen LogP contribution in [0.4, 0.5) is 8.96 Å². The Kier molecular flexibility index (Phi) is 1.41. The Morgan fingerprint density at radius 3 is 2.38 bits per heavy atom. The quantitative estimate of drug-likeness (QED) is 0.442. The molecule has 0 N–H and O–H groups in total. The van der Waals surface area contributed by atoms with Crippen LogP contribution < -0.4 is 0 Å². The van der Waals surface area contributed by atoms with Crippen molar-refractivity contribution in [3.05, 3.63) is 6.67 Å². The van der Waals surface area contributed by atoms with E-state index in [1.165, 1.54) is 6.92 Å². The molecular formula is C3H5F2N2O. The Morgan fingerprint density at radius 1 is 1.62 bits per heavy atom. The van der Waals surface area contributed by atoms with Crippen LogP contribution in [0.15, 0.2) is 0 Å². The number of halogens is 2. The van der Waals surface area contributed by atoms with Crippen LogP contribution in [-0.2, 0) is 4.84 Å². The van der Waals surface area contributed by atoms with E-state index in [9.17, 15) is 8.96 Å². The molecule has 1 fully saturated rings. The molecule has 0 amide bonds. The highest BCUT2D eigenvalue weighted by atomic mass is 19.2. The number of hydrogen-bond acceptors (Lipinski definition) is 3. The van der Waals surface area contributed by atoms with Crippen molar-refractivity contribution in [3.63, 3.8) is 0 Å². The molecule has 1 unspecified atom stereocenters. The zero-order valence-corrected chi connectivity index (χ0v) is 4.21. The Morgan fingerprint density at radius 2 is 2.25 bits per heavy atom. The van der Waals surface area contributed by atoms with Crippen LogP contribution in [-0.4, -0.2) is 16.6 Å². The first-order chi connectivity index (χ1) is 3.70. The van der Waals surface area contributed by atoms with Gasteiger partial charge in [0, 0.05) is 5.29 Å². The van der Waals surface area contributed by atoms with Crippen LogP contribution in [0, 0.1) is 6.67 Å². The van der Waals surface area contributed by atoms with Crippen molar-refractivity contribution in [2.45, 2.75) is 13.2 Å². The molecule has 1 saturated heterocycles. The summed E-state index contributed by atoms with van der Waals surface area (Å²) in [6.07, 6.45) is -0.847. The first-order valence-corrected chi connectivity index (χ1v) is 2.11. The predicted molar refractivity (Wildman–Crippen MR) is 20.7 cm³/mol. The molecule has 5 heteroatoms. The third kappa shape index (κ3) is 0.936. The Balaban J connectivity index is 2.39. The molecule has 1 aliphatic rings. The highest BCUT2D eigenvalue weighted by Crippen LogP contribution is 2.17. The van der Waals surface area contributed by atoms with Crippen LogP contribution in [0.5, 0.6) is 0 Å². The summed E-state index contributed by atoms with van der Waals surface area (Å²) < 4.78 is 23.6. The summed E-state index contributed by atoms with van der Waals surface area (Å²) in [6.45, 7) is 1.96. The number of hydrogen-bond donors (Lipinski definition) is 0. The van der Waals surface area contributed by atoms with Gasteiger partial charge in [-0.3, -0.25) is 0 Å². The average molecular weight is 123 g/mol. The number of hydroxylamine groups is 1. The van der Waals surface area contributed by atoms with Crippen LogP contribution >= 0.6 is 0 Å². The second kappa shape index (κ2) is 1.93. The van der Waals surface area contributed by atoms with E-state index in [0.717, 1.165) is 0 Å². The SMILES string of the molecule is CC1ON(F)[CH]N1F. The van der Waals surface area contributed by atoms with E-state index in [1.54, 1.807) is 0 Å². The van der Waals surface area contributed by atoms with Crippen LogP contribution in [0.1, 0.15) is 6.92 Å². The lowest BCUT2D eigenvalue weighted by Crippen LogP contribution is -2.14. The van der Waals surface area contributed by atoms with Gasteiger partial charge in [0.2, 0.25) is 0 Å². The molecule has 47 valence electrons. The number of nitrogens with zero attached hydrogens (tertiary/aromatic N) is 2. The van der Waals surface area contributed by atoms with Gasteiger partial charge in [-0.25, -0.2) is 4.84 Å². The van der Waals surface area contributed by atoms with Crippen molar-refractivity contribution in [1.82, 2.24) is 10.4 Å². The van der Waals surface area contributed by atoms with Crippen molar-refractivity contribution < 1.29 is 13.8 Å². The summed E-state index contributed by atoms with van der Waals surface area (Å²) in [4.78, 5) is 4.14. The highest BCUT2D eigenvalue weighted by Gasteiger charge is 2.29. The fraction of sp³-hybridized carbons (Fsp3) is 0.667. The molecule has 1 aliphatic heterocycles. The van der Waals surface area contributed by atoms with Gasteiger partial charge in [0.15, 0.2) is 12.9 Å². The van der Waals surface area contributed by atoms with Gasteiger partial charge in [0.25, 0.3) is 0 Å². The van der Waals surface area contributed by atoms with Crippen molar-refractivity contribution in [2.75, 3.05) is 0 Å². The van der Waals surface area contributed by atoms with Gasteiger partial charge in [-0.15, -0.1) is 8.96 Å². The summed E-state index contributed by atoms with van der Waals surface area (Å²) in [5.74, 6) is 0. The highest BCUT2D eigenvalue weighted by molar-refractivity contribution is 4.58. The third-order valence-corrected chi connectivity index (χ3v) is 0.802. The van der Waals surface area contributed by atoms with E-state index < -0.39 is 6.23 Å². The molecule has 0 aromatic rings. The van der Waals surface area contributed by atoms with E-state index in [4.69, 9.17) is 0 Å². The second-order valence-corrected chi connectivity index (χ2v) is 1.44. The second-order valence-electron chi connectivity index (χ2n) is 1.44. The molecule has 1 rings (SSSR count). The molecule has 1 atom stereocenters. The van der Waals surface area contributed by atoms with Gasteiger partial charge in [-0.1, -0.05) is 5.12 Å². The Labute approximate surface area is 45.3 Å². The molecule has 0 saturated carbocycles. The van der Waals surface area contributed by atoms with Gasteiger partial charge in [-0.2, -0.15) is 0 Å². The zero-order valence-electron chi connectivity index (χ0n) is 4.21. The van der Waals surface area contributed by atoms with Gasteiger partial charge in [0.05, 0.1) is 0 Å². The maximum Gasteiger partial charge on any atom is 0.187 e. The molecular weight excluding hydrogens is 118 g/mol. The predicted octanol–water partition coefficient (Wildman–Crippen LogP) is 0.770. The van der Waals surface area contributed by atoms with E-state index in [1.807, 2.05) is 0 Å². The first kappa shape index (κ1) is 5.87. The molecule has 1 heterocycles. The number of rotatable bonds is 0. The van der Waals surface area contributed by atoms with E-state index >= 15 is 0 Å². The normalized spacial score (nSPS) is 34.1. The molecule has 3 nitrogen and oxygen atoms in total. The summed E-state index contributed by atoms with van der Waals surface area (Å²) in [7, 11) is 0. The lowest BCUT2D eigenvalue weighted by atomic mass is 10.7. The Bertz CT molecular complexity index is 81.4. The molecule has 0 aliphatic carbocycles. The summed E-state index contributed by atoms with van der Waals surface area (Å²) in [5, 5.41) is -0.0509. The van der Waals surface area contributed by atoms with Crippen molar-refractivity contribution in [2.24, 2.45) is 0 Å².